The highest BCUT2D eigenvalue weighted by Crippen LogP contribution is 2.33. The Hall–Kier alpha value is -2.11. The van der Waals surface area contributed by atoms with E-state index in [0.29, 0.717) is 29.6 Å². The molecule has 0 radical (unpaired) electrons. The number of nitrogens with zero attached hydrogens (tertiary/aromatic N) is 3. The summed E-state index contributed by atoms with van der Waals surface area (Å²) in [5, 5.41) is 4.01. The molecule has 1 saturated heterocycles. The fourth-order valence-corrected chi connectivity index (χ4v) is 2.88. The molecule has 0 bridgehead atoms. The van der Waals surface area contributed by atoms with E-state index in [1.807, 2.05) is 32.6 Å². The minimum absolute atomic E-state index is 0.0267. The average Bonchev–Trinajstić information content (AvgIpc) is 3.15. The van der Waals surface area contributed by atoms with Crippen LogP contribution in [0.3, 0.4) is 0 Å². The van der Waals surface area contributed by atoms with Gasteiger partial charge in [0.2, 0.25) is 5.89 Å². The van der Waals surface area contributed by atoms with Crippen molar-refractivity contribution in [2.45, 2.75) is 52.5 Å². The largest absolute Gasteiger partial charge is 0.466 e. The third kappa shape index (κ3) is 2.53. The van der Waals surface area contributed by atoms with Crippen LogP contribution in [-0.2, 0) is 0 Å². The lowest BCUT2D eigenvalue weighted by Crippen LogP contribution is -2.30. The highest BCUT2D eigenvalue weighted by molar-refractivity contribution is 5.95. The van der Waals surface area contributed by atoms with Crippen LogP contribution in [-0.4, -0.2) is 27.5 Å². The van der Waals surface area contributed by atoms with Gasteiger partial charge in [-0.05, 0) is 32.8 Å². The molecular formula is C16H21N3O3. The highest BCUT2D eigenvalue weighted by Gasteiger charge is 2.35. The first kappa shape index (κ1) is 14.8. The smallest absolute Gasteiger partial charge is 0.258 e. The number of furan rings is 1. The van der Waals surface area contributed by atoms with Crippen molar-refractivity contribution >= 4 is 5.91 Å². The molecule has 118 valence electrons. The Labute approximate surface area is 129 Å². The molecule has 2 aromatic heterocycles. The zero-order chi connectivity index (χ0) is 15.9. The molecule has 0 aromatic carbocycles. The molecule has 3 rings (SSSR count). The maximum atomic E-state index is 12.8. The number of carbonyl (C=O) groups is 1. The second-order valence-corrected chi connectivity index (χ2v) is 6.13. The Morgan fingerprint density at radius 2 is 2.18 bits per heavy atom. The third-order valence-corrected chi connectivity index (χ3v) is 4.04. The second kappa shape index (κ2) is 5.59. The van der Waals surface area contributed by atoms with Crippen molar-refractivity contribution in [2.75, 3.05) is 6.54 Å². The van der Waals surface area contributed by atoms with E-state index in [9.17, 15) is 4.79 Å². The number of hydrogen-bond donors (Lipinski definition) is 0. The van der Waals surface area contributed by atoms with Crippen LogP contribution >= 0.6 is 0 Å². The maximum Gasteiger partial charge on any atom is 0.258 e. The predicted octanol–water partition coefficient (Wildman–Crippen LogP) is 3.38. The molecule has 0 spiro atoms. The fourth-order valence-electron chi connectivity index (χ4n) is 2.88. The summed E-state index contributed by atoms with van der Waals surface area (Å²) < 4.78 is 10.9. The molecule has 0 N–H and O–H groups in total. The van der Waals surface area contributed by atoms with Crippen molar-refractivity contribution in [1.29, 1.82) is 0 Å². The Bertz CT molecular complexity index is 687. The molecule has 1 aliphatic heterocycles. The molecule has 0 saturated carbocycles. The quantitative estimate of drug-likeness (QED) is 0.869. The normalized spacial score (nSPS) is 18.4. The fraction of sp³-hybridized carbons (Fsp3) is 0.562. The van der Waals surface area contributed by atoms with E-state index in [2.05, 4.69) is 10.1 Å². The van der Waals surface area contributed by atoms with Gasteiger partial charge in [0.1, 0.15) is 17.6 Å². The Balaban J connectivity index is 1.86. The summed E-state index contributed by atoms with van der Waals surface area (Å²) in [7, 11) is 0. The topological polar surface area (TPSA) is 72.4 Å². The monoisotopic (exact) mass is 303 g/mol. The van der Waals surface area contributed by atoms with Crippen molar-refractivity contribution in [3.05, 3.63) is 34.9 Å². The maximum absolute atomic E-state index is 12.8. The SMILES string of the molecule is Cc1cc(C(=O)N2CCC[C@H]2c2nc(C(C)C)no2)c(C)o1. The number of aromatic nitrogens is 2. The standard InChI is InChI=1S/C16H21N3O3/c1-9(2)14-17-15(22-18-14)13-6-5-7-19(13)16(20)12-8-10(3)21-11(12)4/h8-9,13H,5-7H2,1-4H3/t13-/m0/s1. The van der Waals surface area contributed by atoms with E-state index >= 15 is 0 Å². The van der Waals surface area contributed by atoms with E-state index in [-0.39, 0.29) is 17.9 Å². The molecule has 22 heavy (non-hydrogen) atoms. The Morgan fingerprint density at radius 1 is 1.41 bits per heavy atom. The number of amides is 1. The number of carbonyl (C=O) groups excluding carboxylic acids is 1. The number of likely N-dealkylation sites (tertiary alicyclic amines) is 1. The lowest BCUT2D eigenvalue weighted by Gasteiger charge is -2.21. The summed E-state index contributed by atoms with van der Waals surface area (Å²) in [6.45, 7) is 8.40. The summed E-state index contributed by atoms with van der Waals surface area (Å²) in [6, 6.07) is 1.66. The van der Waals surface area contributed by atoms with E-state index < -0.39 is 0 Å². The van der Waals surface area contributed by atoms with Crippen LogP contribution in [0.5, 0.6) is 0 Å². The van der Waals surface area contributed by atoms with Crippen LogP contribution in [0, 0.1) is 13.8 Å². The van der Waals surface area contributed by atoms with Crippen LogP contribution in [0.25, 0.3) is 0 Å². The van der Waals surface area contributed by atoms with Crippen molar-refractivity contribution < 1.29 is 13.7 Å². The Kier molecular flexibility index (Phi) is 3.76. The van der Waals surface area contributed by atoms with Gasteiger partial charge in [0, 0.05) is 12.5 Å². The molecule has 1 amide bonds. The lowest BCUT2D eigenvalue weighted by atomic mass is 10.1. The summed E-state index contributed by atoms with van der Waals surface area (Å²) in [6.07, 6.45) is 1.78. The molecule has 6 nitrogen and oxygen atoms in total. The molecular weight excluding hydrogens is 282 g/mol. The van der Waals surface area contributed by atoms with E-state index in [1.165, 1.54) is 0 Å². The predicted molar refractivity (Wildman–Crippen MR) is 79.6 cm³/mol. The average molecular weight is 303 g/mol. The van der Waals surface area contributed by atoms with Gasteiger partial charge in [-0.2, -0.15) is 4.98 Å². The van der Waals surface area contributed by atoms with Crippen LogP contribution in [0.2, 0.25) is 0 Å². The molecule has 3 heterocycles. The van der Waals surface area contributed by atoms with Gasteiger partial charge in [-0.1, -0.05) is 19.0 Å². The van der Waals surface area contributed by atoms with Crippen LogP contribution < -0.4 is 0 Å². The third-order valence-electron chi connectivity index (χ3n) is 4.04. The molecule has 0 aliphatic carbocycles. The summed E-state index contributed by atoms with van der Waals surface area (Å²) in [5.74, 6) is 2.80. The van der Waals surface area contributed by atoms with Crippen molar-refractivity contribution in [3.8, 4) is 0 Å². The van der Waals surface area contributed by atoms with Gasteiger partial charge in [-0.15, -0.1) is 0 Å². The van der Waals surface area contributed by atoms with Gasteiger partial charge in [0.05, 0.1) is 5.56 Å². The molecule has 6 heteroatoms. The van der Waals surface area contributed by atoms with Crippen molar-refractivity contribution in [3.63, 3.8) is 0 Å². The van der Waals surface area contributed by atoms with Crippen LogP contribution in [0.4, 0.5) is 0 Å². The zero-order valence-electron chi connectivity index (χ0n) is 13.4. The molecule has 2 aromatic rings. The lowest BCUT2D eigenvalue weighted by molar-refractivity contribution is 0.0708. The van der Waals surface area contributed by atoms with Crippen LogP contribution in [0.15, 0.2) is 15.0 Å². The molecule has 1 aliphatic rings. The number of rotatable bonds is 3. The molecule has 1 fully saturated rings. The number of aryl methyl sites for hydroxylation is 2. The minimum Gasteiger partial charge on any atom is -0.466 e. The molecule has 0 unspecified atom stereocenters. The summed E-state index contributed by atoms with van der Waals surface area (Å²) >= 11 is 0. The van der Waals surface area contributed by atoms with Gasteiger partial charge in [0.25, 0.3) is 5.91 Å². The zero-order valence-corrected chi connectivity index (χ0v) is 13.4. The minimum atomic E-state index is -0.137. The summed E-state index contributed by atoms with van der Waals surface area (Å²) in [5.41, 5.74) is 0.619. The second-order valence-electron chi connectivity index (χ2n) is 6.13. The van der Waals surface area contributed by atoms with Crippen molar-refractivity contribution in [2.24, 2.45) is 0 Å². The van der Waals surface area contributed by atoms with E-state index in [4.69, 9.17) is 8.94 Å². The van der Waals surface area contributed by atoms with Crippen molar-refractivity contribution in [1.82, 2.24) is 15.0 Å². The first-order chi connectivity index (χ1) is 10.5. The van der Waals surface area contributed by atoms with Gasteiger partial charge >= 0.3 is 0 Å². The molecule has 1 atom stereocenters. The highest BCUT2D eigenvalue weighted by atomic mass is 16.5. The van der Waals surface area contributed by atoms with Crippen LogP contribution in [0.1, 0.15) is 72.2 Å². The van der Waals surface area contributed by atoms with Gasteiger partial charge in [0.15, 0.2) is 5.82 Å². The van der Waals surface area contributed by atoms with E-state index in [1.54, 1.807) is 6.07 Å². The van der Waals surface area contributed by atoms with Gasteiger partial charge < -0.3 is 13.8 Å². The first-order valence-corrected chi connectivity index (χ1v) is 7.69. The first-order valence-electron chi connectivity index (χ1n) is 7.69. The van der Waals surface area contributed by atoms with Gasteiger partial charge in [-0.3, -0.25) is 4.79 Å². The number of hydrogen-bond acceptors (Lipinski definition) is 5. The van der Waals surface area contributed by atoms with E-state index in [0.717, 1.165) is 18.6 Å². The van der Waals surface area contributed by atoms with Gasteiger partial charge in [-0.25, -0.2) is 0 Å². The Morgan fingerprint density at radius 3 is 2.77 bits per heavy atom. The summed E-state index contributed by atoms with van der Waals surface area (Å²) in [4.78, 5) is 19.0.